The van der Waals surface area contributed by atoms with E-state index in [-0.39, 0.29) is 0 Å². The van der Waals surface area contributed by atoms with Crippen LogP contribution in [0.2, 0.25) is 0 Å². The summed E-state index contributed by atoms with van der Waals surface area (Å²) in [7, 11) is 12.7. The van der Waals surface area contributed by atoms with Crippen molar-refractivity contribution in [3.05, 3.63) is 0 Å². The number of nitrogens with zero attached hydrogens (tertiary/aromatic N) is 5. The molecule has 0 atom stereocenters. The van der Waals surface area contributed by atoms with Crippen LogP contribution in [0.15, 0.2) is 0 Å². The van der Waals surface area contributed by atoms with Gasteiger partial charge in [0.1, 0.15) is 0 Å². The van der Waals surface area contributed by atoms with Gasteiger partial charge in [0.15, 0.2) is 0 Å². The predicted molar refractivity (Wildman–Crippen MR) is 129 cm³/mol. The van der Waals surface area contributed by atoms with E-state index in [0.717, 1.165) is 13.1 Å². The first-order chi connectivity index (χ1) is 12.6. The fraction of sp³-hybridized carbons (Fsp3) is 1.00. The molecule has 1 aliphatic heterocycles. The lowest BCUT2D eigenvalue weighted by molar-refractivity contribution is 0.0245. The van der Waals surface area contributed by atoms with Gasteiger partial charge in [-0.3, -0.25) is 9.80 Å². The average Bonchev–Trinajstić information content (AvgIpc) is 2.55. The van der Waals surface area contributed by atoms with Crippen molar-refractivity contribution in [1.82, 2.24) is 24.5 Å². The van der Waals surface area contributed by atoms with Crippen molar-refractivity contribution in [1.29, 1.82) is 0 Å². The fourth-order valence-corrected chi connectivity index (χ4v) is 2.33. The van der Waals surface area contributed by atoms with Gasteiger partial charge in [-0.1, -0.05) is 0 Å². The van der Waals surface area contributed by atoms with Gasteiger partial charge in [-0.15, -0.1) is 0 Å². The maximum absolute atomic E-state index is 2.56. The minimum atomic E-state index is 0.350. The Balaban J connectivity index is 0. The van der Waals surface area contributed by atoms with Crippen molar-refractivity contribution in [2.24, 2.45) is 0 Å². The molecule has 0 amide bonds. The molecule has 1 rings (SSSR count). The SMILES string of the molecule is CC(C)N(C)C.CC(C)N(C)CCN(C)C.CC(C)N1CCN(C)C(C)(C)C1. The van der Waals surface area contributed by atoms with Crippen LogP contribution in [0.5, 0.6) is 0 Å². The summed E-state index contributed by atoms with van der Waals surface area (Å²) >= 11 is 0. The van der Waals surface area contributed by atoms with Crippen LogP contribution in [-0.2, 0) is 0 Å². The van der Waals surface area contributed by atoms with Crippen LogP contribution >= 0.6 is 0 Å². The quantitative estimate of drug-likeness (QED) is 0.677. The Hall–Kier alpha value is -0.200. The maximum atomic E-state index is 2.56. The Morgan fingerprint density at radius 1 is 0.786 bits per heavy atom. The minimum Gasteiger partial charge on any atom is -0.308 e. The molecule has 0 spiro atoms. The van der Waals surface area contributed by atoms with Crippen LogP contribution in [0, 0.1) is 0 Å². The standard InChI is InChI=1S/C10H22N2.C8H20N2.C5H13N/c1-9(2)12-7-6-11(5)10(3,4)8-12;1-8(2)10(5)7-6-9(3)4;1-5(2)6(3)4/h9H,6-8H2,1-5H3;8H,6-7H2,1-5H3;5H,1-4H3. The summed E-state index contributed by atoms with van der Waals surface area (Å²) in [5.74, 6) is 0. The summed E-state index contributed by atoms with van der Waals surface area (Å²) in [6, 6.07) is 2.04. The predicted octanol–water partition coefficient (Wildman–Crippen LogP) is 3.27. The second kappa shape index (κ2) is 14.7. The lowest BCUT2D eigenvalue weighted by Crippen LogP contribution is -2.58. The molecule has 28 heavy (non-hydrogen) atoms. The van der Waals surface area contributed by atoms with Gasteiger partial charge in [0.25, 0.3) is 0 Å². The molecule has 5 heteroatoms. The first-order valence-electron chi connectivity index (χ1n) is 11.1. The third kappa shape index (κ3) is 14.7. The molecule has 0 aromatic rings. The van der Waals surface area contributed by atoms with Crippen molar-refractivity contribution in [2.75, 3.05) is 75.0 Å². The van der Waals surface area contributed by atoms with Gasteiger partial charge >= 0.3 is 0 Å². The lowest BCUT2D eigenvalue weighted by Gasteiger charge is -2.46. The third-order valence-electron chi connectivity index (χ3n) is 5.89. The molecule has 0 radical (unpaired) electrons. The lowest BCUT2D eigenvalue weighted by atomic mass is 9.99. The molecule has 1 saturated heterocycles. The summed E-state index contributed by atoms with van der Waals surface area (Å²) < 4.78 is 0. The van der Waals surface area contributed by atoms with E-state index in [9.17, 15) is 0 Å². The second-order valence-electron chi connectivity index (χ2n) is 10.2. The number of hydrogen-bond acceptors (Lipinski definition) is 5. The van der Waals surface area contributed by atoms with Crippen LogP contribution in [0.4, 0.5) is 0 Å². The van der Waals surface area contributed by atoms with Crippen molar-refractivity contribution in [3.63, 3.8) is 0 Å². The zero-order valence-corrected chi connectivity index (χ0v) is 22.0. The highest BCUT2D eigenvalue weighted by atomic mass is 15.3. The van der Waals surface area contributed by atoms with Crippen LogP contribution in [0.25, 0.3) is 0 Å². The van der Waals surface area contributed by atoms with E-state index >= 15 is 0 Å². The van der Waals surface area contributed by atoms with E-state index < -0.39 is 0 Å². The minimum absolute atomic E-state index is 0.350. The third-order valence-corrected chi connectivity index (χ3v) is 5.89. The summed E-state index contributed by atoms with van der Waals surface area (Å²) in [6.07, 6.45) is 0. The van der Waals surface area contributed by atoms with Gasteiger partial charge in [0.05, 0.1) is 0 Å². The highest BCUT2D eigenvalue weighted by Crippen LogP contribution is 2.19. The number of likely N-dealkylation sites (N-methyl/N-ethyl adjacent to an activating group) is 3. The Kier molecular flexibility index (Phi) is 15.8. The van der Waals surface area contributed by atoms with Gasteiger partial charge in [-0.25, -0.2) is 0 Å². The van der Waals surface area contributed by atoms with Crippen LogP contribution < -0.4 is 0 Å². The molecule has 0 aromatic heterocycles. The Labute approximate surface area is 179 Å². The van der Waals surface area contributed by atoms with E-state index in [4.69, 9.17) is 0 Å². The van der Waals surface area contributed by atoms with Crippen LogP contribution in [-0.4, -0.2) is 123 Å². The first kappa shape index (κ1) is 30.0. The Morgan fingerprint density at radius 2 is 1.25 bits per heavy atom. The second-order valence-corrected chi connectivity index (χ2v) is 10.2. The van der Waals surface area contributed by atoms with E-state index in [0.29, 0.717) is 23.7 Å². The molecule has 5 nitrogen and oxygen atoms in total. The number of rotatable bonds is 6. The summed E-state index contributed by atoms with van der Waals surface area (Å²) in [5.41, 5.74) is 0.350. The van der Waals surface area contributed by atoms with Crippen LogP contribution in [0.3, 0.4) is 0 Å². The van der Waals surface area contributed by atoms with Gasteiger partial charge in [0, 0.05) is 56.4 Å². The van der Waals surface area contributed by atoms with Crippen molar-refractivity contribution >= 4 is 0 Å². The Morgan fingerprint density at radius 3 is 1.54 bits per heavy atom. The summed E-state index contributed by atoms with van der Waals surface area (Å²) in [5, 5.41) is 0. The Bertz CT molecular complexity index is 358. The molecule has 172 valence electrons. The van der Waals surface area contributed by atoms with Gasteiger partial charge < -0.3 is 14.7 Å². The highest BCUT2D eigenvalue weighted by Gasteiger charge is 2.31. The molecule has 1 fully saturated rings. The molecule has 1 aliphatic rings. The van der Waals surface area contributed by atoms with Gasteiger partial charge in [0.2, 0.25) is 0 Å². The summed E-state index contributed by atoms with van der Waals surface area (Å²) in [4.78, 5) is 11.7. The topological polar surface area (TPSA) is 16.2 Å². The zero-order chi connectivity index (χ0) is 22.7. The molecule has 0 N–H and O–H groups in total. The van der Waals surface area contributed by atoms with Gasteiger partial charge in [-0.2, -0.15) is 0 Å². The molecular formula is C23H55N5. The van der Waals surface area contributed by atoms with Crippen molar-refractivity contribution in [2.45, 2.75) is 79.1 Å². The van der Waals surface area contributed by atoms with E-state index in [1.54, 1.807) is 0 Å². The number of piperazine rings is 1. The first-order valence-corrected chi connectivity index (χ1v) is 11.1. The normalized spacial score (nSPS) is 18.0. The molecule has 0 aromatic carbocycles. The largest absolute Gasteiger partial charge is 0.308 e. The molecule has 0 saturated carbocycles. The molecule has 0 unspecified atom stereocenters. The molecule has 1 heterocycles. The van der Waals surface area contributed by atoms with Crippen molar-refractivity contribution < 1.29 is 0 Å². The fourth-order valence-electron chi connectivity index (χ4n) is 2.33. The summed E-state index contributed by atoms with van der Waals surface area (Å²) in [6.45, 7) is 23.9. The monoisotopic (exact) mass is 401 g/mol. The smallest absolute Gasteiger partial charge is 0.0277 e. The number of hydrogen-bond donors (Lipinski definition) is 0. The highest BCUT2D eigenvalue weighted by molar-refractivity contribution is 4.89. The maximum Gasteiger partial charge on any atom is 0.0277 e. The van der Waals surface area contributed by atoms with Gasteiger partial charge in [-0.05, 0) is 97.7 Å². The zero-order valence-electron chi connectivity index (χ0n) is 22.0. The van der Waals surface area contributed by atoms with E-state index in [2.05, 4.69) is 122 Å². The van der Waals surface area contributed by atoms with E-state index in [1.165, 1.54) is 19.6 Å². The van der Waals surface area contributed by atoms with E-state index in [1.807, 2.05) is 0 Å². The molecule has 0 bridgehead atoms. The molecular weight excluding hydrogens is 346 g/mol. The molecule has 0 aliphatic carbocycles. The van der Waals surface area contributed by atoms with Crippen LogP contribution in [0.1, 0.15) is 55.4 Å². The average molecular weight is 402 g/mol. The van der Waals surface area contributed by atoms with Crippen molar-refractivity contribution in [3.8, 4) is 0 Å².